The number of halogens is 1. The van der Waals surface area contributed by atoms with Crippen LogP contribution in [0.25, 0.3) is 0 Å². The fourth-order valence-electron chi connectivity index (χ4n) is 2.04. The molecule has 1 unspecified atom stereocenters. The van der Waals surface area contributed by atoms with Crippen molar-refractivity contribution in [2.75, 3.05) is 0 Å². The highest BCUT2D eigenvalue weighted by Gasteiger charge is 2.25. The summed E-state index contributed by atoms with van der Waals surface area (Å²) in [7, 11) is 0. The largest absolute Gasteiger partial charge is 0.460 e. The molecule has 102 valence electrons. The molecule has 2 aromatic rings. The highest BCUT2D eigenvalue weighted by molar-refractivity contribution is 5.44. The Morgan fingerprint density at radius 2 is 2.05 bits per heavy atom. The maximum atomic E-state index is 13.7. The van der Waals surface area contributed by atoms with Gasteiger partial charge < -0.3 is 9.47 Å². The van der Waals surface area contributed by atoms with Gasteiger partial charge in [0.25, 0.3) is 5.69 Å². The van der Waals surface area contributed by atoms with Crippen LogP contribution in [0.5, 0.6) is 5.75 Å². The Morgan fingerprint density at radius 1 is 1.25 bits per heavy atom. The SMILES string of the molecule is O=[N+]([O-])c1ccc2c(c1)COC(c1ccccc1F)O2. The second-order valence-electron chi connectivity index (χ2n) is 4.33. The Bertz CT molecular complexity index is 674. The summed E-state index contributed by atoms with van der Waals surface area (Å²) in [6, 6.07) is 10.4. The molecule has 0 radical (unpaired) electrons. The molecule has 20 heavy (non-hydrogen) atoms. The number of hydrogen-bond donors (Lipinski definition) is 0. The van der Waals surface area contributed by atoms with Crippen molar-refractivity contribution in [3.8, 4) is 5.75 Å². The molecule has 1 aliphatic heterocycles. The van der Waals surface area contributed by atoms with Gasteiger partial charge in [-0.3, -0.25) is 10.1 Å². The van der Waals surface area contributed by atoms with Crippen LogP contribution in [-0.4, -0.2) is 4.92 Å². The third-order valence-corrected chi connectivity index (χ3v) is 3.04. The van der Waals surface area contributed by atoms with Gasteiger partial charge in [0.15, 0.2) is 0 Å². The number of hydrogen-bond acceptors (Lipinski definition) is 4. The van der Waals surface area contributed by atoms with Crippen molar-refractivity contribution in [3.05, 3.63) is 69.5 Å². The van der Waals surface area contributed by atoms with E-state index in [0.29, 0.717) is 16.9 Å². The molecule has 0 bridgehead atoms. The third-order valence-electron chi connectivity index (χ3n) is 3.04. The summed E-state index contributed by atoms with van der Waals surface area (Å²) in [6.45, 7) is 0.135. The Kier molecular flexibility index (Phi) is 3.08. The number of non-ortho nitro benzene ring substituents is 1. The molecular weight excluding hydrogens is 265 g/mol. The van der Waals surface area contributed by atoms with Crippen LogP contribution in [-0.2, 0) is 11.3 Å². The Balaban J connectivity index is 1.90. The first-order valence-electron chi connectivity index (χ1n) is 5.95. The van der Waals surface area contributed by atoms with Crippen LogP contribution in [0.1, 0.15) is 17.4 Å². The zero-order valence-electron chi connectivity index (χ0n) is 10.3. The van der Waals surface area contributed by atoms with Gasteiger partial charge in [-0.25, -0.2) is 4.39 Å². The Morgan fingerprint density at radius 3 is 2.80 bits per heavy atom. The zero-order chi connectivity index (χ0) is 14.1. The van der Waals surface area contributed by atoms with Crippen LogP contribution in [0.4, 0.5) is 10.1 Å². The monoisotopic (exact) mass is 275 g/mol. The fourth-order valence-corrected chi connectivity index (χ4v) is 2.04. The van der Waals surface area contributed by atoms with Gasteiger partial charge in [-0.2, -0.15) is 0 Å². The van der Waals surface area contributed by atoms with Gasteiger partial charge in [0, 0.05) is 17.7 Å². The van der Waals surface area contributed by atoms with Crippen LogP contribution < -0.4 is 4.74 Å². The van der Waals surface area contributed by atoms with E-state index in [1.807, 2.05) is 0 Å². The summed E-state index contributed by atoms with van der Waals surface area (Å²) >= 11 is 0. The minimum atomic E-state index is -0.842. The quantitative estimate of drug-likeness (QED) is 0.623. The highest BCUT2D eigenvalue weighted by Crippen LogP contribution is 2.35. The lowest BCUT2D eigenvalue weighted by atomic mass is 10.1. The number of rotatable bonds is 2. The van der Waals surface area contributed by atoms with E-state index in [0.717, 1.165) is 0 Å². The maximum absolute atomic E-state index is 13.7. The van der Waals surface area contributed by atoms with Gasteiger partial charge >= 0.3 is 0 Å². The highest BCUT2D eigenvalue weighted by atomic mass is 19.1. The van der Waals surface area contributed by atoms with Gasteiger partial charge in [-0.1, -0.05) is 12.1 Å². The summed E-state index contributed by atoms with van der Waals surface area (Å²) in [5.41, 5.74) is 0.851. The molecule has 5 nitrogen and oxygen atoms in total. The average molecular weight is 275 g/mol. The van der Waals surface area contributed by atoms with E-state index < -0.39 is 17.0 Å². The standard InChI is InChI=1S/C14H10FNO4/c15-12-4-2-1-3-11(12)14-19-8-9-7-10(16(17)18)5-6-13(9)20-14/h1-7,14H,8H2. The van der Waals surface area contributed by atoms with E-state index in [-0.39, 0.29) is 12.3 Å². The molecular formula is C14H10FNO4. The lowest BCUT2D eigenvalue weighted by molar-refractivity contribution is -0.385. The molecule has 0 spiro atoms. The number of nitro groups is 1. The van der Waals surface area contributed by atoms with Crippen molar-refractivity contribution >= 4 is 5.69 Å². The van der Waals surface area contributed by atoms with Crippen LogP contribution in [0.3, 0.4) is 0 Å². The fraction of sp³-hybridized carbons (Fsp3) is 0.143. The average Bonchev–Trinajstić information content (AvgIpc) is 2.46. The molecule has 1 heterocycles. The van der Waals surface area contributed by atoms with Crippen LogP contribution in [0, 0.1) is 15.9 Å². The van der Waals surface area contributed by atoms with Crippen molar-refractivity contribution in [3.63, 3.8) is 0 Å². The molecule has 2 aromatic carbocycles. The molecule has 3 rings (SSSR count). The van der Waals surface area contributed by atoms with E-state index in [9.17, 15) is 14.5 Å². The normalized spacial score (nSPS) is 17.1. The minimum Gasteiger partial charge on any atom is -0.460 e. The van der Waals surface area contributed by atoms with E-state index in [2.05, 4.69) is 0 Å². The number of nitro benzene ring substituents is 1. The third kappa shape index (κ3) is 2.21. The molecule has 0 fully saturated rings. The van der Waals surface area contributed by atoms with Gasteiger partial charge in [-0.05, 0) is 18.2 Å². The summed E-state index contributed by atoms with van der Waals surface area (Å²) < 4.78 is 24.6. The summed E-state index contributed by atoms with van der Waals surface area (Å²) in [6.07, 6.45) is -0.842. The number of fused-ring (bicyclic) bond motifs is 1. The number of nitrogens with zero attached hydrogens (tertiary/aromatic N) is 1. The van der Waals surface area contributed by atoms with Gasteiger partial charge in [0.2, 0.25) is 6.29 Å². The molecule has 1 atom stereocenters. The predicted molar refractivity (Wildman–Crippen MR) is 67.7 cm³/mol. The zero-order valence-corrected chi connectivity index (χ0v) is 10.3. The Labute approximate surface area is 113 Å². The first-order chi connectivity index (χ1) is 9.65. The summed E-state index contributed by atoms with van der Waals surface area (Å²) in [4.78, 5) is 10.2. The smallest absolute Gasteiger partial charge is 0.270 e. The van der Waals surface area contributed by atoms with Crippen molar-refractivity contribution in [2.24, 2.45) is 0 Å². The van der Waals surface area contributed by atoms with E-state index >= 15 is 0 Å². The molecule has 0 saturated heterocycles. The van der Waals surface area contributed by atoms with E-state index in [1.165, 1.54) is 24.3 Å². The molecule has 0 N–H and O–H groups in total. The molecule has 1 aliphatic rings. The summed E-state index contributed by atoms with van der Waals surface area (Å²) in [5.74, 6) is 0.0537. The van der Waals surface area contributed by atoms with Gasteiger partial charge in [0.05, 0.1) is 17.1 Å². The van der Waals surface area contributed by atoms with Crippen molar-refractivity contribution in [1.29, 1.82) is 0 Å². The molecule has 0 aromatic heterocycles. The number of ether oxygens (including phenoxy) is 2. The van der Waals surface area contributed by atoms with Crippen molar-refractivity contribution in [2.45, 2.75) is 12.9 Å². The van der Waals surface area contributed by atoms with Crippen molar-refractivity contribution < 1.29 is 18.8 Å². The second-order valence-corrected chi connectivity index (χ2v) is 4.33. The first-order valence-corrected chi connectivity index (χ1v) is 5.95. The van der Waals surface area contributed by atoms with Gasteiger partial charge in [-0.15, -0.1) is 0 Å². The molecule has 0 amide bonds. The summed E-state index contributed by atoms with van der Waals surface area (Å²) in [5, 5.41) is 10.7. The molecule has 0 saturated carbocycles. The minimum absolute atomic E-state index is 0.0275. The Hall–Kier alpha value is -2.47. The van der Waals surface area contributed by atoms with Crippen molar-refractivity contribution in [1.82, 2.24) is 0 Å². The maximum Gasteiger partial charge on any atom is 0.270 e. The predicted octanol–water partition coefficient (Wildman–Crippen LogP) is 3.34. The lowest BCUT2D eigenvalue weighted by Gasteiger charge is -2.26. The van der Waals surface area contributed by atoms with E-state index in [4.69, 9.17) is 9.47 Å². The van der Waals surface area contributed by atoms with Crippen LogP contribution in [0.2, 0.25) is 0 Å². The molecule has 0 aliphatic carbocycles. The van der Waals surface area contributed by atoms with E-state index in [1.54, 1.807) is 18.2 Å². The first kappa shape index (κ1) is 12.6. The number of benzene rings is 2. The van der Waals surface area contributed by atoms with Gasteiger partial charge in [0.1, 0.15) is 11.6 Å². The lowest BCUT2D eigenvalue weighted by Crippen LogP contribution is -2.19. The van der Waals surface area contributed by atoms with Crippen LogP contribution >= 0.6 is 0 Å². The topological polar surface area (TPSA) is 61.6 Å². The molecule has 6 heteroatoms. The second kappa shape index (κ2) is 4.90. The van der Waals surface area contributed by atoms with Crippen LogP contribution in [0.15, 0.2) is 42.5 Å².